The topological polar surface area (TPSA) is 166 Å². The molecule has 1 saturated heterocycles. The minimum atomic E-state index is -1.22. The fourth-order valence-corrected chi connectivity index (χ4v) is 4.12. The molecule has 0 spiro atoms. The number of ether oxygens (including phenoxy) is 3. The van der Waals surface area contributed by atoms with Gasteiger partial charge >= 0.3 is 5.97 Å². The van der Waals surface area contributed by atoms with Gasteiger partial charge in [-0.2, -0.15) is 0 Å². The molecule has 0 saturated carbocycles. The zero-order chi connectivity index (χ0) is 28.8. The predicted molar refractivity (Wildman–Crippen MR) is 138 cm³/mol. The zero-order valence-corrected chi connectivity index (χ0v) is 21.6. The van der Waals surface area contributed by atoms with Crippen molar-refractivity contribution in [1.29, 1.82) is 0 Å². The number of aromatic amines is 1. The number of halogens is 2. The molecule has 5 rings (SSSR count). The number of hydrogen-bond donors (Lipinski definition) is 3. The van der Waals surface area contributed by atoms with E-state index in [1.807, 2.05) is 0 Å². The molecule has 0 unspecified atom stereocenters. The van der Waals surface area contributed by atoms with E-state index in [1.54, 1.807) is 6.20 Å². The fourth-order valence-electron chi connectivity index (χ4n) is 4.12. The molecule has 210 valence electrons. The number of primary amides is 1. The molecule has 0 bridgehead atoms. The van der Waals surface area contributed by atoms with Crippen LogP contribution in [0.3, 0.4) is 0 Å². The van der Waals surface area contributed by atoms with E-state index >= 15 is 0 Å². The van der Waals surface area contributed by atoms with Crippen LogP contribution in [0.25, 0.3) is 22.2 Å². The lowest BCUT2D eigenvalue weighted by Crippen LogP contribution is -2.35. The van der Waals surface area contributed by atoms with Gasteiger partial charge in [-0.1, -0.05) is 6.07 Å². The van der Waals surface area contributed by atoms with Crippen LogP contribution in [0.15, 0.2) is 36.8 Å². The number of aromatic carboxylic acids is 1. The van der Waals surface area contributed by atoms with E-state index in [0.717, 1.165) is 44.6 Å². The number of nitrogens with two attached hydrogens (primary N) is 1. The van der Waals surface area contributed by atoms with Gasteiger partial charge in [0.25, 0.3) is 5.91 Å². The van der Waals surface area contributed by atoms with Crippen LogP contribution >= 0.6 is 0 Å². The Hall–Kier alpha value is -4.69. The van der Waals surface area contributed by atoms with Gasteiger partial charge in [0.2, 0.25) is 0 Å². The Labute approximate surface area is 226 Å². The molecule has 14 heteroatoms. The summed E-state index contributed by atoms with van der Waals surface area (Å²) in [5.74, 6) is -3.85. The first-order chi connectivity index (χ1) is 19.2. The second kappa shape index (κ2) is 12.4. The van der Waals surface area contributed by atoms with Crippen molar-refractivity contribution < 1.29 is 37.7 Å². The van der Waals surface area contributed by atoms with E-state index in [2.05, 4.69) is 24.8 Å². The van der Waals surface area contributed by atoms with Crippen LogP contribution in [0.1, 0.15) is 26.7 Å². The minimum Gasteiger partial charge on any atom is -0.494 e. The van der Waals surface area contributed by atoms with E-state index < -0.39 is 29.1 Å². The van der Waals surface area contributed by atoms with Crippen molar-refractivity contribution in [2.45, 2.75) is 6.54 Å². The first kappa shape index (κ1) is 28.3. The highest BCUT2D eigenvalue weighted by Crippen LogP contribution is 2.40. The van der Waals surface area contributed by atoms with Crippen molar-refractivity contribution in [2.75, 3.05) is 40.5 Å². The van der Waals surface area contributed by atoms with Gasteiger partial charge in [-0.3, -0.25) is 19.7 Å². The Balaban J connectivity index is 0.000000210. The third-order valence-corrected chi connectivity index (χ3v) is 6.06. The fraction of sp³-hybridized carbons (Fsp3) is 0.269. The Morgan fingerprint density at radius 1 is 1.05 bits per heavy atom. The number of benzene rings is 2. The van der Waals surface area contributed by atoms with Crippen molar-refractivity contribution in [1.82, 2.24) is 24.8 Å². The molecular formula is C26H26F2N6O6. The third kappa shape index (κ3) is 5.97. The summed E-state index contributed by atoms with van der Waals surface area (Å²) in [5, 5.41) is 9.26. The standard InChI is InChI=1S/C17H12F2N2O4.C9H14N4O2/c1-24-10-7-11(25-2)14(19)12(13(10)18)8-3-4-9(17(22)23)16-15(8)20-5-6-21-16;10-8(14)9-11-5-7(12-9)6-13-1-3-15-4-2-13/h3-7H,1-2H3,(H,22,23);5H,1-4,6H2,(H2,10,14)(H,11,12). The molecule has 4 aromatic rings. The van der Waals surface area contributed by atoms with E-state index in [9.17, 15) is 23.5 Å². The first-order valence-electron chi connectivity index (χ1n) is 12.0. The predicted octanol–water partition coefficient (Wildman–Crippen LogP) is 2.63. The number of carbonyl (C=O) groups is 2. The molecule has 0 aliphatic carbocycles. The number of morpholine rings is 1. The highest BCUT2D eigenvalue weighted by molar-refractivity contribution is 6.05. The van der Waals surface area contributed by atoms with Gasteiger partial charge in [0.15, 0.2) is 29.0 Å². The van der Waals surface area contributed by atoms with Crippen molar-refractivity contribution in [3.05, 3.63) is 65.5 Å². The lowest BCUT2D eigenvalue weighted by Gasteiger charge is -2.25. The molecular weight excluding hydrogens is 530 g/mol. The zero-order valence-electron chi connectivity index (χ0n) is 21.6. The molecule has 2 aromatic heterocycles. The summed E-state index contributed by atoms with van der Waals surface area (Å²) in [5.41, 5.74) is 5.56. The number of rotatable bonds is 7. The molecule has 0 radical (unpaired) electrons. The SMILES string of the molecule is COc1cc(OC)c(F)c(-c2ccc(C(=O)O)c3nccnc23)c1F.NC(=O)c1ncc(CN2CCOCC2)[nH]1. The molecule has 2 aromatic carbocycles. The average Bonchev–Trinajstić information content (AvgIpc) is 3.43. The number of carboxylic acid groups (broad SMARTS) is 1. The maximum absolute atomic E-state index is 14.7. The lowest BCUT2D eigenvalue weighted by atomic mass is 9.99. The first-order valence-corrected chi connectivity index (χ1v) is 12.0. The number of imidazole rings is 1. The second-order valence-electron chi connectivity index (χ2n) is 8.51. The lowest BCUT2D eigenvalue weighted by molar-refractivity contribution is 0.0337. The molecule has 12 nitrogen and oxygen atoms in total. The minimum absolute atomic E-state index is 0.0214. The Kier molecular flexibility index (Phi) is 8.81. The number of amides is 1. The van der Waals surface area contributed by atoms with Crippen LogP contribution in [0.4, 0.5) is 8.78 Å². The van der Waals surface area contributed by atoms with Gasteiger partial charge in [0.1, 0.15) is 5.52 Å². The van der Waals surface area contributed by atoms with Crippen LogP contribution in [-0.4, -0.2) is 82.3 Å². The Bertz CT molecular complexity index is 1510. The number of carbonyl (C=O) groups excluding carboxylic acids is 1. The monoisotopic (exact) mass is 556 g/mol. The summed E-state index contributed by atoms with van der Waals surface area (Å²) in [4.78, 5) is 39.2. The number of nitrogens with one attached hydrogen (secondary N) is 1. The molecule has 1 aliphatic heterocycles. The molecule has 0 atom stereocenters. The molecule has 3 heterocycles. The van der Waals surface area contributed by atoms with Crippen molar-refractivity contribution in [3.63, 3.8) is 0 Å². The molecule has 1 aliphatic rings. The molecule has 40 heavy (non-hydrogen) atoms. The van der Waals surface area contributed by atoms with Gasteiger partial charge in [0, 0.05) is 49.4 Å². The van der Waals surface area contributed by atoms with E-state index in [-0.39, 0.29) is 39.5 Å². The Morgan fingerprint density at radius 2 is 1.68 bits per heavy atom. The number of hydrogen-bond acceptors (Lipinski definition) is 9. The van der Waals surface area contributed by atoms with E-state index in [0.29, 0.717) is 0 Å². The van der Waals surface area contributed by atoms with Crippen LogP contribution in [0, 0.1) is 11.6 Å². The van der Waals surface area contributed by atoms with Crippen LogP contribution in [0.5, 0.6) is 11.5 Å². The van der Waals surface area contributed by atoms with Crippen LogP contribution in [-0.2, 0) is 11.3 Å². The van der Waals surface area contributed by atoms with E-state index in [1.165, 1.54) is 38.7 Å². The summed E-state index contributed by atoms with van der Waals surface area (Å²) in [6.07, 6.45) is 4.26. The number of methoxy groups -OCH3 is 2. The molecule has 4 N–H and O–H groups in total. The maximum atomic E-state index is 14.7. The number of H-pyrrole nitrogens is 1. The van der Waals surface area contributed by atoms with Crippen molar-refractivity contribution >= 4 is 22.9 Å². The summed E-state index contributed by atoms with van der Waals surface area (Å²) in [7, 11) is 2.48. The number of fused-ring (bicyclic) bond motifs is 1. The summed E-state index contributed by atoms with van der Waals surface area (Å²) in [6, 6.07) is 3.59. The Morgan fingerprint density at radius 3 is 2.23 bits per heavy atom. The summed E-state index contributed by atoms with van der Waals surface area (Å²) < 4.78 is 44.6. The van der Waals surface area contributed by atoms with Gasteiger partial charge in [-0.05, 0) is 6.07 Å². The van der Waals surface area contributed by atoms with Gasteiger partial charge in [-0.25, -0.2) is 18.6 Å². The second-order valence-corrected chi connectivity index (χ2v) is 8.51. The van der Waals surface area contributed by atoms with Crippen molar-refractivity contribution in [3.8, 4) is 22.6 Å². The number of nitrogens with zero attached hydrogens (tertiary/aromatic N) is 4. The quantitative estimate of drug-likeness (QED) is 0.308. The smallest absolute Gasteiger partial charge is 0.337 e. The summed E-state index contributed by atoms with van der Waals surface area (Å²) in [6.45, 7) is 4.09. The van der Waals surface area contributed by atoms with Gasteiger partial charge < -0.3 is 30.0 Å². The van der Waals surface area contributed by atoms with E-state index in [4.69, 9.17) is 19.9 Å². The summed E-state index contributed by atoms with van der Waals surface area (Å²) >= 11 is 0. The third-order valence-electron chi connectivity index (χ3n) is 6.06. The molecule has 1 fully saturated rings. The largest absolute Gasteiger partial charge is 0.494 e. The average molecular weight is 557 g/mol. The highest BCUT2D eigenvalue weighted by atomic mass is 19.1. The van der Waals surface area contributed by atoms with Crippen LogP contribution < -0.4 is 15.2 Å². The normalized spacial score (nSPS) is 13.4. The maximum Gasteiger partial charge on any atom is 0.337 e. The van der Waals surface area contributed by atoms with Crippen molar-refractivity contribution in [2.24, 2.45) is 5.73 Å². The number of carboxylic acids is 1. The van der Waals surface area contributed by atoms with Crippen LogP contribution in [0.2, 0.25) is 0 Å². The number of aromatic nitrogens is 4. The van der Waals surface area contributed by atoms with Gasteiger partial charge in [-0.15, -0.1) is 0 Å². The highest BCUT2D eigenvalue weighted by Gasteiger charge is 2.25. The van der Waals surface area contributed by atoms with Gasteiger partial charge in [0.05, 0.1) is 50.3 Å². The molecule has 1 amide bonds.